The molecule has 1 atom stereocenters. The van der Waals surface area contributed by atoms with E-state index in [2.05, 4.69) is 4.98 Å². The lowest BCUT2D eigenvalue weighted by atomic mass is 10.2. The minimum absolute atomic E-state index is 0.173. The fraction of sp³-hybridized carbons (Fsp3) is 0.308. The normalized spacial score (nSPS) is 12.6. The molecule has 1 aromatic heterocycles. The van der Waals surface area contributed by atoms with Crippen LogP contribution in [0.1, 0.15) is 12.6 Å². The summed E-state index contributed by atoms with van der Waals surface area (Å²) in [4.78, 5) is 4.40. The molecule has 2 aromatic rings. The predicted octanol–water partition coefficient (Wildman–Crippen LogP) is 3.61. The molecule has 5 heteroatoms. The van der Waals surface area contributed by atoms with E-state index in [1.54, 1.807) is 18.0 Å². The van der Waals surface area contributed by atoms with Crippen molar-refractivity contribution in [2.45, 2.75) is 17.9 Å². The van der Waals surface area contributed by atoms with Gasteiger partial charge in [0.1, 0.15) is 6.26 Å². The van der Waals surface area contributed by atoms with Crippen LogP contribution in [0.4, 0.5) is 0 Å². The van der Waals surface area contributed by atoms with Crippen LogP contribution in [-0.2, 0) is 5.75 Å². The highest BCUT2D eigenvalue weighted by atomic mass is 35.5. The molecule has 1 aromatic carbocycles. The number of aliphatic hydroxyl groups excluding tert-OH is 1. The van der Waals surface area contributed by atoms with Crippen LogP contribution in [0.2, 0.25) is 5.02 Å². The topological polar surface area (TPSA) is 46.3 Å². The van der Waals surface area contributed by atoms with Gasteiger partial charge in [-0.15, -0.1) is 11.8 Å². The molecule has 0 saturated carbocycles. The average molecular weight is 284 g/mol. The molecule has 96 valence electrons. The van der Waals surface area contributed by atoms with Crippen LogP contribution in [0.3, 0.4) is 0 Å². The van der Waals surface area contributed by atoms with Gasteiger partial charge in [0.05, 0.1) is 12.3 Å². The molecule has 0 aliphatic rings. The van der Waals surface area contributed by atoms with Gasteiger partial charge in [0, 0.05) is 21.6 Å². The molecule has 1 N–H and O–H groups in total. The van der Waals surface area contributed by atoms with Crippen molar-refractivity contribution in [3.63, 3.8) is 0 Å². The Morgan fingerprint density at radius 2 is 2.11 bits per heavy atom. The lowest BCUT2D eigenvalue weighted by Gasteiger charge is -2.04. The quantitative estimate of drug-likeness (QED) is 0.910. The second-order valence-electron chi connectivity index (χ2n) is 3.96. The van der Waals surface area contributed by atoms with Crippen LogP contribution in [0.15, 0.2) is 34.9 Å². The smallest absolute Gasteiger partial charge is 0.226 e. The largest absolute Gasteiger partial charge is 0.444 e. The van der Waals surface area contributed by atoms with Gasteiger partial charge in [0.25, 0.3) is 0 Å². The van der Waals surface area contributed by atoms with Gasteiger partial charge in [-0.25, -0.2) is 4.98 Å². The first-order chi connectivity index (χ1) is 8.69. The van der Waals surface area contributed by atoms with Crippen LogP contribution >= 0.6 is 23.4 Å². The van der Waals surface area contributed by atoms with Gasteiger partial charge in [-0.1, -0.05) is 18.5 Å². The van der Waals surface area contributed by atoms with E-state index in [0.717, 1.165) is 17.0 Å². The van der Waals surface area contributed by atoms with Gasteiger partial charge in [-0.3, -0.25) is 0 Å². The molecule has 0 amide bonds. The minimum Gasteiger partial charge on any atom is -0.444 e. The Bertz CT molecular complexity index is 498. The summed E-state index contributed by atoms with van der Waals surface area (Å²) in [6.45, 7) is 2.15. The third-order valence-electron chi connectivity index (χ3n) is 2.42. The number of benzene rings is 1. The Labute approximate surface area is 115 Å². The summed E-state index contributed by atoms with van der Waals surface area (Å²) in [5.41, 5.74) is 1.79. The highest BCUT2D eigenvalue weighted by molar-refractivity contribution is 7.99. The summed E-state index contributed by atoms with van der Waals surface area (Å²) < 4.78 is 5.43. The number of oxazole rings is 1. The van der Waals surface area contributed by atoms with Gasteiger partial charge in [0.2, 0.25) is 5.89 Å². The maximum atomic E-state index is 8.94. The minimum atomic E-state index is 0.173. The van der Waals surface area contributed by atoms with Crippen molar-refractivity contribution in [1.82, 2.24) is 4.98 Å². The zero-order valence-corrected chi connectivity index (χ0v) is 11.5. The molecule has 0 saturated heterocycles. The van der Waals surface area contributed by atoms with Crippen LogP contribution in [-0.4, -0.2) is 21.9 Å². The third kappa shape index (κ3) is 3.51. The molecule has 2 rings (SSSR count). The van der Waals surface area contributed by atoms with E-state index in [0.29, 0.717) is 10.9 Å². The van der Waals surface area contributed by atoms with Gasteiger partial charge < -0.3 is 9.52 Å². The van der Waals surface area contributed by atoms with Crippen LogP contribution in [0, 0.1) is 0 Å². The van der Waals surface area contributed by atoms with Gasteiger partial charge in [0.15, 0.2) is 0 Å². The molecule has 0 radical (unpaired) electrons. The Morgan fingerprint density at radius 3 is 2.78 bits per heavy atom. The van der Waals surface area contributed by atoms with Gasteiger partial charge >= 0.3 is 0 Å². The molecule has 3 nitrogen and oxygen atoms in total. The van der Waals surface area contributed by atoms with E-state index in [4.69, 9.17) is 21.1 Å². The second kappa shape index (κ2) is 6.27. The first kappa shape index (κ1) is 13.5. The fourth-order valence-corrected chi connectivity index (χ4v) is 2.20. The predicted molar refractivity (Wildman–Crippen MR) is 74.8 cm³/mol. The molecule has 18 heavy (non-hydrogen) atoms. The van der Waals surface area contributed by atoms with Gasteiger partial charge in [-0.2, -0.15) is 0 Å². The van der Waals surface area contributed by atoms with Crippen molar-refractivity contribution in [2.75, 3.05) is 6.61 Å². The van der Waals surface area contributed by atoms with E-state index in [-0.39, 0.29) is 11.9 Å². The maximum Gasteiger partial charge on any atom is 0.226 e. The molecular formula is C13H14ClNO2S. The van der Waals surface area contributed by atoms with E-state index in [1.165, 1.54) is 0 Å². The lowest BCUT2D eigenvalue weighted by molar-refractivity contribution is 0.300. The standard InChI is InChI=1S/C13H14ClNO2S/c1-9(6-16)18-8-12-7-17-13(15-12)10-2-4-11(14)5-3-10/h2-5,7,9,16H,6,8H2,1H3. The summed E-state index contributed by atoms with van der Waals surface area (Å²) >= 11 is 7.47. The number of hydrogen-bond donors (Lipinski definition) is 1. The first-order valence-corrected chi connectivity index (χ1v) is 7.04. The third-order valence-corrected chi connectivity index (χ3v) is 3.85. The number of rotatable bonds is 5. The summed E-state index contributed by atoms with van der Waals surface area (Å²) in [5.74, 6) is 1.33. The molecule has 1 heterocycles. The second-order valence-corrected chi connectivity index (χ2v) is 5.82. The van der Waals surface area contributed by atoms with Crippen molar-refractivity contribution >= 4 is 23.4 Å². The number of hydrogen-bond acceptors (Lipinski definition) is 4. The molecule has 0 bridgehead atoms. The SMILES string of the molecule is CC(CO)SCc1coc(-c2ccc(Cl)cc2)n1. The summed E-state index contributed by atoms with van der Waals surface area (Å²) in [7, 11) is 0. The van der Waals surface area contributed by atoms with Crippen molar-refractivity contribution < 1.29 is 9.52 Å². The monoisotopic (exact) mass is 283 g/mol. The summed E-state index contributed by atoms with van der Waals surface area (Å²) in [6, 6.07) is 7.37. The molecule has 0 spiro atoms. The molecule has 1 unspecified atom stereocenters. The van der Waals surface area contributed by atoms with Crippen molar-refractivity contribution in [1.29, 1.82) is 0 Å². The van der Waals surface area contributed by atoms with Gasteiger partial charge in [-0.05, 0) is 24.3 Å². The Morgan fingerprint density at radius 1 is 1.39 bits per heavy atom. The summed E-state index contributed by atoms with van der Waals surface area (Å²) in [6.07, 6.45) is 1.65. The first-order valence-electron chi connectivity index (χ1n) is 5.62. The van der Waals surface area contributed by atoms with Crippen LogP contribution < -0.4 is 0 Å². The van der Waals surface area contributed by atoms with Crippen LogP contribution in [0.5, 0.6) is 0 Å². The van der Waals surface area contributed by atoms with Crippen molar-refractivity contribution in [3.05, 3.63) is 41.2 Å². The molecule has 0 aliphatic carbocycles. The molecule has 0 aliphatic heterocycles. The number of nitrogens with zero attached hydrogens (tertiary/aromatic N) is 1. The lowest BCUT2D eigenvalue weighted by Crippen LogP contribution is -2.02. The Balaban J connectivity index is 2.03. The number of halogens is 1. The molecule has 0 fully saturated rings. The maximum absolute atomic E-state index is 8.94. The average Bonchev–Trinajstić information content (AvgIpc) is 2.85. The highest BCUT2D eigenvalue weighted by Crippen LogP contribution is 2.23. The van der Waals surface area contributed by atoms with Crippen molar-refractivity contribution in [2.24, 2.45) is 0 Å². The van der Waals surface area contributed by atoms with E-state index < -0.39 is 0 Å². The van der Waals surface area contributed by atoms with Crippen molar-refractivity contribution in [3.8, 4) is 11.5 Å². The Kier molecular flexibility index (Phi) is 4.69. The van der Waals surface area contributed by atoms with E-state index in [1.807, 2.05) is 31.2 Å². The fourth-order valence-electron chi connectivity index (χ4n) is 1.38. The number of thioether (sulfide) groups is 1. The van der Waals surface area contributed by atoms with Crippen LogP contribution in [0.25, 0.3) is 11.5 Å². The number of aliphatic hydroxyl groups is 1. The zero-order valence-electron chi connectivity index (χ0n) is 9.97. The molecular weight excluding hydrogens is 270 g/mol. The Hall–Kier alpha value is -0.970. The van der Waals surface area contributed by atoms with E-state index in [9.17, 15) is 0 Å². The highest BCUT2D eigenvalue weighted by Gasteiger charge is 2.08. The number of aromatic nitrogens is 1. The van der Waals surface area contributed by atoms with E-state index >= 15 is 0 Å². The summed E-state index contributed by atoms with van der Waals surface area (Å²) in [5, 5.41) is 9.85. The zero-order chi connectivity index (χ0) is 13.0.